The second kappa shape index (κ2) is 7.41. The van der Waals surface area contributed by atoms with Crippen LogP contribution in [-0.2, 0) is 16.0 Å². The van der Waals surface area contributed by atoms with Gasteiger partial charge in [0.2, 0.25) is 5.91 Å². The molecule has 0 aliphatic rings. The van der Waals surface area contributed by atoms with Gasteiger partial charge in [0.1, 0.15) is 0 Å². The molecule has 18 heavy (non-hydrogen) atoms. The minimum Gasteiger partial charge on any atom is -0.354 e. The minimum atomic E-state index is -1.38. The van der Waals surface area contributed by atoms with Crippen molar-refractivity contribution in [2.75, 3.05) is 6.54 Å². The van der Waals surface area contributed by atoms with E-state index >= 15 is 0 Å². The van der Waals surface area contributed by atoms with E-state index in [4.69, 9.17) is 10.9 Å². The normalized spacial score (nSPS) is 11.7. The van der Waals surface area contributed by atoms with Crippen LogP contribution in [0.25, 0.3) is 0 Å². The zero-order chi connectivity index (χ0) is 13.4. The Morgan fingerprint density at radius 2 is 1.89 bits per heavy atom. The first-order valence-electron chi connectivity index (χ1n) is 5.66. The van der Waals surface area contributed by atoms with Gasteiger partial charge in [-0.15, -0.1) is 0 Å². The molecule has 0 aliphatic heterocycles. The SMILES string of the molecule is NC(C(=O)NO)C(=O)NCCCc1ccccc1. The van der Waals surface area contributed by atoms with Crippen LogP contribution in [0, 0.1) is 0 Å². The van der Waals surface area contributed by atoms with Gasteiger partial charge in [-0.3, -0.25) is 14.8 Å². The Hall–Kier alpha value is -1.92. The third kappa shape index (κ3) is 4.52. The number of aryl methyl sites for hydroxylation is 1. The van der Waals surface area contributed by atoms with Gasteiger partial charge in [-0.25, -0.2) is 5.48 Å². The molecule has 6 nitrogen and oxygen atoms in total. The summed E-state index contributed by atoms with van der Waals surface area (Å²) in [6, 6.07) is 8.48. The van der Waals surface area contributed by atoms with Crippen LogP contribution < -0.4 is 16.5 Å². The Bertz CT molecular complexity index is 395. The molecule has 0 aliphatic carbocycles. The number of rotatable bonds is 6. The highest BCUT2D eigenvalue weighted by Crippen LogP contribution is 2.01. The van der Waals surface area contributed by atoms with E-state index in [1.807, 2.05) is 30.3 Å². The average molecular weight is 251 g/mol. The average Bonchev–Trinajstić information content (AvgIpc) is 2.42. The van der Waals surface area contributed by atoms with Crippen LogP contribution in [0.5, 0.6) is 0 Å². The summed E-state index contributed by atoms with van der Waals surface area (Å²) in [7, 11) is 0. The summed E-state index contributed by atoms with van der Waals surface area (Å²) in [6.07, 6.45) is 1.59. The fourth-order valence-corrected chi connectivity index (χ4v) is 1.45. The molecule has 1 aromatic carbocycles. The highest BCUT2D eigenvalue weighted by atomic mass is 16.5. The van der Waals surface area contributed by atoms with Gasteiger partial charge in [0.05, 0.1) is 0 Å². The molecule has 1 unspecified atom stereocenters. The van der Waals surface area contributed by atoms with Crippen molar-refractivity contribution in [1.82, 2.24) is 10.8 Å². The fraction of sp³-hybridized carbons (Fsp3) is 0.333. The molecule has 0 aromatic heterocycles. The topological polar surface area (TPSA) is 104 Å². The Balaban J connectivity index is 2.22. The predicted octanol–water partition coefficient (Wildman–Crippen LogP) is -0.432. The Kier molecular flexibility index (Phi) is 5.83. The summed E-state index contributed by atoms with van der Waals surface area (Å²) in [5, 5.41) is 10.8. The molecule has 98 valence electrons. The lowest BCUT2D eigenvalue weighted by Crippen LogP contribution is -2.50. The number of amides is 2. The van der Waals surface area contributed by atoms with Gasteiger partial charge in [0.15, 0.2) is 6.04 Å². The van der Waals surface area contributed by atoms with Crippen molar-refractivity contribution in [3.05, 3.63) is 35.9 Å². The zero-order valence-corrected chi connectivity index (χ0v) is 9.93. The molecule has 1 atom stereocenters. The van der Waals surface area contributed by atoms with Crippen molar-refractivity contribution in [3.8, 4) is 0 Å². The number of hydrogen-bond acceptors (Lipinski definition) is 4. The number of benzene rings is 1. The largest absolute Gasteiger partial charge is 0.354 e. The van der Waals surface area contributed by atoms with E-state index in [-0.39, 0.29) is 0 Å². The van der Waals surface area contributed by atoms with Crippen LogP contribution >= 0.6 is 0 Å². The first-order chi connectivity index (χ1) is 8.65. The number of carbonyl (C=O) groups is 2. The standard InChI is InChI=1S/C12H17N3O3/c13-10(12(17)15-18)11(16)14-8-4-7-9-5-2-1-3-6-9/h1-3,5-6,10,18H,4,7-8,13H2,(H,14,16)(H,15,17). The maximum absolute atomic E-state index is 11.3. The molecule has 5 N–H and O–H groups in total. The van der Waals surface area contributed by atoms with Crippen molar-refractivity contribution in [3.63, 3.8) is 0 Å². The first-order valence-corrected chi connectivity index (χ1v) is 5.66. The van der Waals surface area contributed by atoms with E-state index in [0.717, 1.165) is 12.8 Å². The van der Waals surface area contributed by atoms with Crippen molar-refractivity contribution in [1.29, 1.82) is 0 Å². The lowest BCUT2D eigenvalue weighted by atomic mass is 10.1. The van der Waals surface area contributed by atoms with Crippen molar-refractivity contribution in [2.45, 2.75) is 18.9 Å². The zero-order valence-electron chi connectivity index (χ0n) is 9.93. The van der Waals surface area contributed by atoms with Crippen LogP contribution in [0.2, 0.25) is 0 Å². The molecular formula is C12H17N3O3. The maximum Gasteiger partial charge on any atom is 0.269 e. The van der Waals surface area contributed by atoms with Crippen LogP contribution in [-0.4, -0.2) is 29.6 Å². The third-order valence-electron chi connectivity index (χ3n) is 2.46. The molecule has 0 saturated carbocycles. The summed E-state index contributed by atoms with van der Waals surface area (Å²) in [6.45, 7) is 0.431. The third-order valence-corrected chi connectivity index (χ3v) is 2.46. The highest BCUT2D eigenvalue weighted by molar-refractivity contribution is 6.03. The number of nitrogens with two attached hydrogens (primary N) is 1. The summed E-state index contributed by atoms with van der Waals surface area (Å²) < 4.78 is 0. The molecule has 0 heterocycles. The van der Waals surface area contributed by atoms with Crippen molar-refractivity contribution < 1.29 is 14.8 Å². The number of carbonyl (C=O) groups excluding carboxylic acids is 2. The van der Waals surface area contributed by atoms with Crippen molar-refractivity contribution >= 4 is 11.8 Å². The number of nitrogens with one attached hydrogen (secondary N) is 2. The molecule has 0 spiro atoms. The summed E-state index contributed by atoms with van der Waals surface area (Å²) in [5.41, 5.74) is 7.80. The Labute approximate surface area is 105 Å². The predicted molar refractivity (Wildman–Crippen MR) is 65.7 cm³/mol. The molecule has 0 fully saturated rings. The summed E-state index contributed by atoms with van der Waals surface area (Å²) in [4.78, 5) is 22.2. The second-order valence-electron chi connectivity index (χ2n) is 3.83. The minimum absolute atomic E-state index is 0.431. The van der Waals surface area contributed by atoms with Crippen molar-refractivity contribution in [2.24, 2.45) is 5.73 Å². The van der Waals surface area contributed by atoms with E-state index in [2.05, 4.69) is 5.32 Å². The quantitative estimate of drug-likeness (QED) is 0.238. The molecule has 6 heteroatoms. The summed E-state index contributed by atoms with van der Waals surface area (Å²) in [5.74, 6) is -1.52. The fourth-order valence-electron chi connectivity index (χ4n) is 1.45. The lowest BCUT2D eigenvalue weighted by molar-refractivity contribution is -0.136. The van der Waals surface area contributed by atoms with E-state index in [1.54, 1.807) is 0 Å². The van der Waals surface area contributed by atoms with E-state index in [9.17, 15) is 9.59 Å². The molecule has 1 aromatic rings. The van der Waals surface area contributed by atoms with Gasteiger partial charge in [-0.05, 0) is 18.4 Å². The molecule has 0 saturated heterocycles. The molecule has 2 amide bonds. The Morgan fingerprint density at radius 3 is 2.50 bits per heavy atom. The Morgan fingerprint density at radius 1 is 1.22 bits per heavy atom. The van der Waals surface area contributed by atoms with Gasteiger partial charge in [0.25, 0.3) is 5.91 Å². The van der Waals surface area contributed by atoms with E-state index in [1.165, 1.54) is 11.0 Å². The van der Waals surface area contributed by atoms with Gasteiger partial charge in [0, 0.05) is 6.54 Å². The molecule has 0 bridgehead atoms. The van der Waals surface area contributed by atoms with Crippen LogP contribution in [0.1, 0.15) is 12.0 Å². The van der Waals surface area contributed by atoms with Crippen LogP contribution in [0.3, 0.4) is 0 Å². The molecule has 0 radical (unpaired) electrons. The van der Waals surface area contributed by atoms with Gasteiger partial charge >= 0.3 is 0 Å². The van der Waals surface area contributed by atoms with Crippen LogP contribution in [0.4, 0.5) is 0 Å². The maximum atomic E-state index is 11.3. The lowest BCUT2D eigenvalue weighted by Gasteiger charge is -2.10. The van der Waals surface area contributed by atoms with Crippen LogP contribution in [0.15, 0.2) is 30.3 Å². The van der Waals surface area contributed by atoms with E-state index < -0.39 is 17.9 Å². The monoisotopic (exact) mass is 251 g/mol. The summed E-state index contributed by atoms with van der Waals surface area (Å²) >= 11 is 0. The van der Waals surface area contributed by atoms with E-state index in [0.29, 0.717) is 6.54 Å². The van der Waals surface area contributed by atoms with Gasteiger partial charge in [-0.2, -0.15) is 0 Å². The second-order valence-corrected chi connectivity index (χ2v) is 3.83. The number of hydrogen-bond donors (Lipinski definition) is 4. The highest BCUT2D eigenvalue weighted by Gasteiger charge is 2.20. The van der Waals surface area contributed by atoms with Gasteiger partial charge in [-0.1, -0.05) is 30.3 Å². The molecule has 1 rings (SSSR count). The molecular weight excluding hydrogens is 234 g/mol. The van der Waals surface area contributed by atoms with Gasteiger partial charge < -0.3 is 11.1 Å². The smallest absolute Gasteiger partial charge is 0.269 e. The first kappa shape index (κ1) is 14.1. The number of hydroxylamine groups is 1.